The minimum absolute atomic E-state index is 0.0819. The van der Waals surface area contributed by atoms with E-state index in [-0.39, 0.29) is 5.91 Å². The van der Waals surface area contributed by atoms with E-state index >= 15 is 0 Å². The van der Waals surface area contributed by atoms with Gasteiger partial charge in [0.1, 0.15) is 11.5 Å². The Bertz CT molecular complexity index is 711. The van der Waals surface area contributed by atoms with Crippen LogP contribution in [0.15, 0.2) is 58.3 Å². The van der Waals surface area contributed by atoms with E-state index in [1.807, 2.05) is 54.8 Å². The Morgan fingerprint density at radius 2 is 1.90 bits per heavy atom. The standard InChI is InChI=1S/C16H13NO2S/c1-11-4-9-14(19-11)12-5-7-13(8-6-12)17-16(18)15-3-2-10-20-15/h2-10H,1H3,(H,17,18). The van der Waals surface area contributed by atoms with Crippen LogP contribution in [0.3, 0.4) is 0 Å². The van der Waals surface area contributed by atoms with Crippen molar-refractivity contribution in [2.75, 3.05) is 5.32 Å². The van der Waals surface area contributed by atoms with Crippen molar-refractivity contribution in [3.63, 3.8) is 0 Å². The zero-order valence-corrected chi connectivity index (χ0v) is 11.7. The van der Waals surface area contributed by atoms with Crippen molar-refractivity contribution in [3.05, 3.63) is 64.5 Å². The molecule has 1 N–H and O–H groups in total. The second-order valence-electron chi connectivity index (χ2n) is 4.42. The Morgan fingerprint density at radius 3 is 2.50 bits per heavy atom. The lowest BCUT2D eigenvalue weighted by atomic mass is 10.1. The predicted octanol–water partition coefficient (Wildman–Crippen LogP) is 4.57. The maximum Gasteiger partial charge on any atom is 0.265 e. The van der Waals surface area contributed by atoms with E-state index in [1.165, 1.54) is 11.3 Å². The minimum Gasteiger partial charge on any atom is -0.461 e. The summed E-state index contributed by atoms with van der Waals surface area (Å²) >= 11 is 1.43. The van der Waals surface area contributed by atoms with Gasteiger partial charge in [0.05, 0.1) is 4.88 Å². The number of carbonyl (C=O) groups excluding carboxylic acids is 1. The van der Waals surface area contributed by atoms with Crippen LogP contribution in [0.1, 0.15) is 15.4 Å². The summed E-state index contributed by atoms with van der Waals surface area (Å²) in [6, 6.07) is 15.2. The quantitative estimate of drug-likeness (QED) is 0.765. The van der Waals surface area contributed by atoms with Crippen molar-refractivity contribution >= 4 is 22.9 Å². The summed E-state index contributed by atoms with van der Waals surface area (Å²) in [5, 5.41) is 4.76. The zero-order chi connectivity index (χ0) is 13.9. The van der Waals surface area contributed by atoms with Gasteiger partial charge in [0.25, 0.3) is 5.91 Å². The lowest BCUT2D eigenvalue weighted by Crippen LogP contribution is -2.09. The molecular formula is C16H13NO2S. The monoisotopic (exact) mass is 283 g/mol. The number of aryl methyl sites for hydroxylation is 1. The Morgan fingerprint density at radius 1 is 1.10 bits per heavy atom. The lowest BCUT2D eigenvalue weighted by Gasteiger charge is -2.04. The van der Waals surface area contributed by atoms with E-state index < -0.39 is 0 Å². The third-order valence-corrected chi connectivity index (χ3v) is 3.78. The van der Waals surface area contributed by atoms with Gasteiger partial charge < -0.3 is 9.73 Å². The van der Waals surface area contributed by atoms with Gasteiger partial charge in [-0.15, -0.1) is 11.3 Å². The third-order valence-electron chi connectivity index (χ3n) is 2.91. The Labute approximate surface area is 120 Å². The van der Waals surface area contributed by atoms with Gasteiger partial charge in [0, 0.05) is 11.3 Å². The number of hydrogen-bond donors (Lipinski definition) is 1. The molecule has 0 aliphatic carbocycles. The Hall–Kier alpha value is -2.33. The summed E-state index contributed by atoms with van der Waals surface area (Å²) in [5.74, 6) is 1.63. The molecule has 2 heterocycles. The molecule has 0 atom stereocenters. The molecule has 0 saturated heterocycles. The SMILES string of the molecule is Cc1ccc(-c2ccc(NC(=O)c3cccs3)cc2)o1. The van der Waals surface area contributed by atoms with E-state index in [9.17, 15) is 4.79 Å². The molecule has 0 radical (unpaired) electrons. The molecule has 3 nitrogen and oxygen atoms in total. The summed E-state index contributed by atoms with van der Waals surface area (Å²) in [7, 11) is 0. The number of hydrogen-bond acceptors (Lipinski definition) is 3. The summed E-state index contributed by atoms with van der Waals surface area (Å²) in [5.41, 5.74) is 1.77. The van der Waals surface area contributed by atoms with Gasteiger partial charge >= 0.3 is 0 Å². The minimum atomic E-state index is -0.0819. The zero-order valence-electron chi connectivity index (χ0n) is 10.9. The molecule has 0 bridgehead atoms. The maximum atomic E-state index is 11.9. The van der Waals surface area contributed by atoms with Crippen LogP contribution < -0.4 is 5.32 Å². The molecule has 1 amide bonds. The molecule has 0 spiro atoms. The fourth-order valence-corrected chi connectivity index (χ4v) is 2.53. The van der Waals surface area contributed by atoms with Gasteiger partial charge in [-0.2, -0.15) is 0 Å². The first-order valence-corrected chi connectivity index (χ1v) is 7.12. The van der Waals surface area contributed by atoms with Gasteiger partial charge in [-0.25, -0.2) is 0 Å². The van der Waals surface area contributed by atoms with Crippen molar-refractivity contribution in [2.45, 2.75) is 6.92 Å². The van der Waals surface area contributed by atoms with Crippen molar-refractivity contribution in [1.82, 2.24) is 0 Å². The highest BCUT2D eigenvalue weighted by Crippen LogP contribution is 2.23. The number of nitrogens with one attached hydrogen (secondary N) is 1. The summed E-state index contributed by atoms with van der Waals surface area (Å²) in [6.07, 6.45) is 0. The lowest BCUT2D eigenvalue weighted by molar-refractivity contribution is 0.103. The number of thiophene rings is 1. The van der Waals surface area contributed by atoms with Crippen molar-refractivity contribution < 1.29 is 9.21 Å². The van der Waals surface area contributed by atoms with Crippen LogP contribution in [-0.2, 0) is 0 Å². The van der Waals surface area contributed by atoms with E-state index in [2.05, 4.69) is 5.32 Å². The summed E-state index contributed by atoms with van der Waals surface area (Å²) < 4.78 is 5.56. The van der Waals surface area contributed by atoms with Gasteiger partial charge in [0.2, 0.25) is 0 Å². The van der Waals surface area contributed by atoms with Gasteiger partial charge in [-0.1, -0.05) is 6.07 Å². The van der Waals surface area contributed by atoms with Crippen LogP contribution in [0.25, 0.3) is 11.3 Å². The molecule has 0 aliphatic rings. The Kier molecular flexibility index (Phi) is 3.39. The molecule has 0 aliphatic heterocycles. The second kappa shape index (κ2) is 5.35. The molecule has 0 fully saturated rings. The molecule has 0 unspecified atom stereocenters. The molecule has 0 saturated carbocycles. The number of furan rings is 1. The van der Waals surface area contributed by atoms with Crippen molar-refractivity contribution in [2.24, 2.45) is 0 Å². The van der Waals surface area contributed by atoms with E-state index in [0.29, 0.717) is 4.88 Å². The Balaban J connectivity index is 1.75. The third kappa shape index (κ3) is 2.65. The highest BCUT2D eigenvalue weighted by atomic mass is 32.1. The normalized spacial score (nSPS) is 10.4. The van der Waals surface area contributed by atoms with Crippen molar-refractivity contribution in [3.8, 4) is 11.3 Å². The van der Waals surface area contributed by atoms with Gasteiger partial charge in [-0.3, -0.25) is 4.79 Å². The fraction of sp³-hybridized carbons (Fsp3) is 0.0625. The number of benzene rings is 1. The van der Waals surface area contributed by atoms with Crippen LogP contribution in [0.4, 0.5) is 5.69 Å². The first-order valence-electron chi connectivity index (χ1n) is 6.24. The number of amides is 1. The molecule has 2 aromatic heterocycles. The first kappa shape index (κ1) is 12.7. The average molecular weight is 283 g/mol. The molecule has 3 rings (SSSR count). The second-order valence-corrected chi connectivity index (χ2v) is 5.37. The van der Waals surface area contributed by atoms with E-state index in [4.69, 9.17) is 4.42 Å². The highest BCUT2D eigenvalue weighted by Gasteiger charge is 2.07. The number of rotatable bonds is 3. The average Bonchev–Trinajstić information content (AvgIpc) is 3.10. The van der Waals surface area contributed by atoms with Gasteiger partial charge in [0.15, 0.2) is 0 Å². The molecule has 1 aromatic carbocycles. The van der Waals surface area contributed by atoms with Crippen LogP contribution >= 0.6 is 11.3 Å². The molecule has 4 heteroatoms. The summed E-state index contributed by atoms with van der Waals surface area (Å²) in [4.78, 5) is 12.6. The van der Waals surface area contributed by atoms with Crippen LogP contribution in [-0.4, -0.2) is 5.91 Å². The smallest absolute Gasteiger partial charge is 0.265 e. The molecule has 20 heavy (non-hydrogen) atoms. The first-order chi connectivity index (χ1) is 9.72. The predicted molar refractivity (Wildman–Crippen MR) is 81.2 cm³/mol. The van der Waals surface area contributed by atoms with E-state index in [1.54, 1.807) is 6.07 Å². The van der Waals surface area contributed by atoms with Gasteiger partial charge in [-0.05, 0) is 54.8 Å². The van der Waals surface area contributed by atoms with Crippen LogP contribution in [0, 0.1) is 6.92 Å². The topological polar surface area (TPSA) is 42.2 Å². The van der Waals surface area contributed by atoms with Crippen molar-refractivity contribution in [1.29, 1.82) is 0 Å². The molecule has 100 valence electrons. The molecule has 3 aromatic rings. The number of carbonyl (C=O) groups is 1. The summed E-state index contributed by atoms with van der Waals surface area (Å²) in [6.45, 7) is 1.92. The van der Waals surface area contributed by atoms with E-state index in [0.717, 1.165) is 22.8 Å². The fourth-order valence-electron chi connectivity index (χ4n) is 1.91. The van der Waals surface area contributed by atoms with Crippen LogP contribution in [0.2, 0.25) is 0 Å². The van der Waals surface area contributed by atoms with Crippen LogP contribution in [0.5, 0.6) is 0 Å². The largest absolute Gasteiger partial charge is 0.461 e. The highest BCUT2D eigenvalue weighted by molar-refractivity contribution is 7.12. The number of anilines is 1. The maximum absolute atomic E-state index is 11.9. The molecular weight excluding hydrogens is 270 g/mol.